The molecule has 0 radical (unpaired) electrons. The van der Waals surface area contributed by atoms with Gasteiger partial charge in [0.1, 0.15) is 0 Å². The van der Waals surface area contributed by atoms with E-state index in [4.69, 9.17) is 0 Å². The van der Waals surface area contributed by atoms with Crippen molar-refractivity contribution in [2.45, 2.75) is 40.7 Å². The quantitative estimate of drug-likeness (QED) is 0.789. The van der Waals surface area contributed by atoms with Crippen molar-refractivity contribution in [3.05, 3.63) is 52.8 Å². The minimum atomic E-state index is -0.145. The molecule has 0 bridgehead atoms. The maximum atomic E-state index is 12.6. The smallest absolute Gasteiger partial charge is 0.257 e. The number of benzene rings is 1. The summed E-state index contributed by atoms with van der Waals surface area (Å²) in [6, 6.07) is 7.75. The van der Waals surface area contributed by atoms with Gasteiger partial charge in [0.2, 0.25) is 0 Å². The van der Waals surface area contributed by atoms with Crippen LogP contribution in [0.2, 0.25) is 0 Å². The van der Waals surface area contributed by atoms with E-state index >= 15 is 0 Å². The van der Waals surface area contributed by atoms with Gasteiger partial charge in [0.15, 0.2) is 5.65 Å². The van der Waals surface area contributed by atoms with Gasteiger partial charge in [-0.05, 0) is 44.9 Å². The van der Waals surface area contributed by atoms with Gasteiger partial charge in [0.05, 0.1) is 11.3 Å². The van der Waals surface area contributed by atoms with Crippen molar-refractivity contribution in [3.8, 4) is 0 Å². The maximum Gasteiger partial charge on any atom is 0.257 e. The van der Waals surface area contributed by atoms with E-state index in [0.717, 1.165) is 46.5 Å². The van der Waals surface area contributed by atoms with E-state index in [1.807, 2.05) is 49.7 Å². The second-order valence-corrected chi connectivity index (χ2v) is 6.12. The summed E-state index contributed by atoms with van der Waals surface area (Å²) >= 11 is 0. The molecule has 0 aliphatic carbocycles. The minimum Gasteiger partial charge on any atom is -0.322 e. The van der Waals surface area contributed by atoms with Gasteiger partial charge in [0, 0.05) is 23.8 Å². The predicted molar refractivity (Wildman–Crippen MR) is 96.4 cm³/mol. The third-order valence-corrected chi connectivity index (χ3v) is 4.19. The fourth-order valence-electron chi connectivity index (χ4n) is 2.93. The van der Waals surface area contributed by atoms with Crippen molar-refractivity contribution in [1.29, 1.82) is 0 Å². The van der Waals surface area contributed by atoms with Crippen molar-refractivity contribution in [1.82, 2.24) is 14.8 Å². The molecule has 124 valence electrons. The van der Waals surface area contributed by atoms with Crippen LogP contribution in [0.4, 0.5) is 5.69 Å². The summed E-state index contributed by atoms with van der Waals surface area (Å²) in [5.74, 6) is -0.145. The third-order valence-electron chi connectivity index (χ3n) is 4.19. The highest BCUT2D eigenvalue weighted by Gasteiger charge is 2.17. The fourth-order valence-corrected chi connectivity index (χ4v) is 2.93. The Balaban J connectivity index is 1.97. The van der Waals surface area contributed by atoms with Gasteiger partial charge in [0.25, 0.3) is 5.91 Å². The summed E-state index contributed by atoms with van der Waals surface area (Å²) in [6.45, 7) is 8.87. The number of aromatic nitrogens is 3. The van der Waals surface area contributed by atoms with Gasteiger partial charge in [-0.25, -0.2) is 9.67 Å². The zero-order valence-corrected chi connectivity index (χ0v) is 14.6. The van der Waals surface area contributed by atoms with Crippen LogP contribution in [0.25, 0.3) is 11.0 Å². The van der Waals surface area contributed by atoms with Crippen LogP contribution >= 0.6 is 0 Å². The van der Waals surface area contributed by atoms with Crippen molar-refractivity contribution < 1.29 is 4.79 Å². The summed E-state index contributed by atoms with van der Waals surface area (Å²) in [7, 11) is 0. The number of hydrogen-bond acceptors (Lipinski definition) is 3. The number of rotatable bonds is 4. The van der Waals surface area contributed by atoms with Crippen LogP contribution in [-0.4, -0.2) is 20.7 Å². The van der Waals surface area contributed by atoms with Crippen LogP contribution in [-0.2, 0) is 6.54 Å². The van der Waals surface area contributed by atoms with Gasteiger partial charge < -0.3 is 5.32 Å². The summed E-state index contributed by atoms with van der Waals surface area (Å²) in [4.78, 5) is 17.1. The first-order valence-corrected chi connectivity index (χ1v) is 8.22. The first-order valence-electron chi connectivity index (χ1n) is 8.22. The van der Waals surface area contributed by atoms with Gasteiger partial charge >= 0.3 is 0 Å². The summed E-state index contributed by atoms with van der Waals surface area (Å²) in [5.41, 5.74) is 5.20. The zero-order valence-electron chi connectivity index (χ0n) is 14.6. The molecule has 0 unspecified atom stereocenters. The molecule has 5 nitrogen and oxygen atoms in total. The number of nitrogens with zero attached hydrogens (tertiary/aromatic N) is 3. The fraction of sp³-hybridized carbons (Fsp3) is 0.316. The molecule has 0 aliphatic heterocycles. The standard InChI is InChI=1S/C19H22N4O/c1-5-10-23-18-17(14(4)22-23)13(3)16(11-20-18)19(24)21-15-8-6-12(2)7-9-15/h6-9,11H,5,10H2,1-4H3,(H,21,24). The third kappa shape index (κ3) is 2.89. The van der Waals surface area contributed by atoms with Crippen LogP contribution in [0.15, 0.2) is 30.5 Å². The predicted octanol–water partition coefficient (Wildman–Crippen LogP) is 4.02. The maximum absolute atomic E-state index is 12.6. The highest BCUT2D eigenvalue weighted by atomic mass is 16.1. The number of amides is 1. The summed E-state index contributed by atoms with van der Waals surface area (Å²) in [5, 5.41) is 8.47. The molecule has 5 heteroatoms. The molecular formula is C19H22N4O. The molecule has 0 fully saturated rings. The second-order valence-electron chi connectivity index (χ2n) is 6.12. The van der Waals surface area contributed by atoms with Crippen LogP contribution in [0.3, 0.4) is 0 Å². The topological polar surface area (TPSA) is 59.8 Å². The second kappa shape index (κ2) is 6.43. The van der Waals surface area contributed by atoms with Crippen LogP contribution in [0.1, 0.15) is 40.5 Å². The van der Waals surface area contributed by atoms with Crippen molar-refractivity contribution in [3.63, 3.8) is 0 Å². The number of pyridine rings is 1. The first kappa shape index (κ1) is 16.2. The Morgan fingerprint density at radius 1 is 1.17 bits per heavy atom. The molecule has 1 N–H and O–H groups in total. The van der Waals surface area contributed by atoms with Crippen LogP contribution < -0.4 is 5.32 Å². The van der Waals surface area contributed by atoms with Crippen molar-refractivity contribution >= 4 is 22.6 Å². The SMILES string of the molecule is CCCn1nc(C)c2c(C)c(C(=O)Nc3ccc(C)cc3)cnc21. The molecule has 3 rings (SSSR count). The van der Waals surface area contributed by atoms with Crippen LogP contribution in [0, 0.1) is 20.8 Å². The molecule has 3 aromatic rings. The highest BCUT2D eigenvalue weighted by molar-refractivity contribution is 6.07. The number of carbonyl (C=O) groups is 1. The Labute approximate surface area is 141 Å². The van der Waals surface area contributed by atoms with Gasteiger partial charge in [-0.2, -0.15) is 5.10 Å². The number of anilines is 1. The molecule has 0 atom stereocenters. The lowest BCUT2D eigenvalue weighted by molar-refractivity contribution is 0.102. The normalized spacial score (nSPS) is 11.0. The lowest BCUT2D eigenvalue weighted by Crippen LogP contribution is -2.14. The average molecular weight is 322 g/mol. The molecule has 1 amide bonds. The number of fused-ring (bicyclic) bond motifs is 1. The Bertz CT molecular complexity index is 894. The van der Waals surface area contributed by atoms with E-state index in [-0.39, 0.29) is 5.91 Å². The van der Waals surface area contributed by atoms with E-state index in [2.05, 4.69) is 22.3 Å². The van der Waals surface area contributed by atoms with Crippen molar-refractivity contribution in [2.24, 2.45) is 0 Å². The molecule has 24 heavy (non-hydrogen) atoms. The highest BCUT2D eigenvalue weighted by Crippen LogP contribution is 2.24. The molecule has 0 saturated heterocycles. The number of aryl methyl sites for hydroxylation is 4. The zero-order chi connectivity index (χ0) is 17.3. The molecule has 1 aromatic carbocycles. The minimum absolute atomic E-state index is 0.145. The molecule has 0 saturated carbocycles. The van der Waals surface area contributed by atoms with E-state index in [1.54, 1.807) is 6.20 Å². The van der Waals surface area contributed by atoms with Gasteiger partial charge in [-0.15, -0.1) is 0 Å². The summed E-state index contributed by atoms with van der Waals surface area (Å²) in [6.07, 6.45) is 2.64. The molecular weight excluding hydrogens is 300 g/mol. The molecule has 2 aromatic heterocycles. The van der Waals surface area contributed by atoms with Gasteiger partial charge in [-0.3, -0.25) is 4.79 Å². The Morgan fingerprint density at radius 2 is 1.88 bits per heavy atom. The lowest BCUT2D eigenvalue weighted by Gasteiger charge is -2.09. The van der Waals surface area contributed by atoms with Crippen LogP contribution in [0.5, 0.6) is 0 Å². The number of nitrogens with one attached hydrogen (secondary N) is 1. The van der Waals surface area contributed by atoms with E-state index in [1.165, 1.54) is 0 Å². The Kier molecular flexibility index (Phi) is 4.34. The van der Waals surface area contributed by atoms with E-state index < -0.39 is 0 Å². The molecule has 2 heterocycles. The van der Waals surface area contributed by atoms with Crippen molar-refractivity contribution in [2.75, 3.05) is 5.32 Å². The number of hydrogen-bond donors (Lipinski definition) is 1. The largest absolute Gasteiger partial charge is 0.322 e. The first-order chi connectivity index (χ1) is 11.5. The molecule has 0 aliphatic rings. The Hall–Kier alpha value is -2.69. The molecule has 0 spiro atoms. The Morgan fingerprint density at radius 3 is 2.54 bits per heavy atom. The van der Waals surface area contributed by atoms with E-state index in [0.29, 0.717) is 5.56 Å². The average Bonchev–Trinajstić information content (AvgIpc) is 2.87. The number of carbonyl (C=O) groups excluding carboxylic acids is 1. The monoisotopic (exact) mass is 322 g/mol. The summed E-state index contributed by atoms with van der Waals surface area (Å²) < 4.78 is 1.92. The lowest BCUT2D eigenvalue weighted by atomic mass is 10.1. The van der Waals surface area contributed by atoms with E-state index in [9.17, 15) is 4.79 Å². The van der Waals surface area contributed by atoms with Gasteiger partial charge in [-0.1, -0.05) is 24.6 Å².